The molecule has 2 heterocycles. The molecule has 0 bridgehead atoms. The third-order valence-electron chi connectivity index (χ3n) is 4.91. The molecule has 0 saturated heterocycles. The fourth-order valence-electron chi connectivity index (χ4n) is 3.50. The zero-order chi connectivity index (χ0) is 19.2. The second-order valence-corrected chi connectivity index (χ2v) is 9.30. The van der Waals surface area contributed by atoms with E-state index >= 15 is 0 Å². The molecule has 4 rings (SSSR count). The summed E-state index contributed by atoms with van der Waals surface area (Å²) in [5, 5.41) is 0.966. The molecule has 0 saturated carbocycles. The number of nitrogens with two attached hydrogens (primary N) is 1. The average molecular weight is 385 g/mol. The van der Waals surface area contributed by atoms with Gasteiger partial charge >= 0.3 is 0 Å². The van der Waals surface area contributed by atoms with Crippen molar-refractivity contribution in [2.45, 2.75) is 31.3 Å². The maximum Gasteiger partial charge on any atom is 0.226 e. The molecule has 142 valence electrons. The summed E-state index contributed by atoms with van der Waals surface area (Å²) in [6.07, 6.45) is 0. The van der Waals surface area contributed by atoms with E-state index in [9.17, 15) is 9.11 Å². The monoisotopic (exact) mass is 384 g/mol. The third kappa shape index (κ3) is 3.39. The van der Waals surface area contributed by atoms with Gasteiger partial charge in [0.25, 0.3) is 0 Å². The summed E-state index contributed by atoms with van der Waals surface area (Å²) >= 11 is 0. The van der Waals surface area contributed by atoms with E-state index in [1.807, 2.05) is 49.1 Å². The minimum atomic E-state index is -2.82. The molecule has 4 N–H and O–H groups in total. The first-order valence-electron chi connectivity index (χ1n) is 8.98. The first-order chi connectivity index (χ1) is 12.8. The normalized spacial score (nSPS) is 18.6. The molecule has 0 radical (unpaired) electrons. The van der Waals surface area contributed by atoms with E-state index in [-0.39, 0.29) is 11.8 Å². The van der Waals surface area contributed by atoms with Crippen molar-refractivity contribution in [3.63, 3.8) is 0 Å². The van der Waals surface area contributed by atoms with Gasteiger partial charge in [0.2, 0.25) is 5.95 Å². The predicted octanol–water partition coefficient (Wildman–Crippen LogP) is 4.09. The molecule has 1 aromatic heterocycles. The van der Waals surface area contributed by atoms with Crippen molar-refractivity contribution in [3.05, 3.63) is 59.3 Å². The summed E-state index contributed by atoms with van der Waals surface area (Å²) in [7, 11) is -2.82. The molecular weight excluding hydrogens is 360 g/mol. The summed E-state index contributed by atoms with van der Waals surface area (Å²) in [4.78, 5) is 12.1. The maximum atomic E-state index is 10.6. The van der Waals surface area contributed by atoms with Crippen molar-refractivity contribution in [1.29, 1.82) is 0 Å². The van der Waals surface area contributed by atoms with Crippen molar-refractivity contribution in [1.82, 2.24) is 9.97 Å². The van der Waals surface area contributed by atoms with Crippen LogP contribution in [0.1, 0.15) is 29.8 Å². The van der Waals surface area contributed by atoms with Crippen LogP contribution in [0.5, 0.6) is 0 Å². The van der Waals surface area contributed by atoms with Crippen LogP contribution in [-0.2, 0) is 6.54 Å². The molecular formula is C20H24N4O2S. The summed E-state index contributed by atoms with van der Waals surface area (Å²) in [6, 6.07) is 13.3. The lowest BCUT2D eigenvalue weighted by atomic mass is 10.1. The lowest BCUT2D eigenvalue weighted by Crippen LogP contribution is -2.27. The molecule has 6 nitrogen and oxygen atoms in total. The number of rotatable bonds is 2. The molecule has 0 spiro atoms. The molecule has 0 amide bonds. The molecule has 0 fully saturated rings. The van der Waals surface area contributed by atoms with Crippen LogP contribution in [0.2, 0.25) is 0 Å². The van der Waals surface area contributed by atoms with Gasteiger partial charge in [0, 0.05) is 24.5 Å². The minimum Gasteiger partial charge on any atom is -0.335 e. The Morgan fingerprint density at radius 2 is 1.93 bits per heavy atom. The average Bonchev–Trinajstić information content (AvgIpc) is 2.77. The molecule has 3 aromatic rings. The smallest absolute Gasteiger partial charge is 0.226 e. The maximum absolute atomic E-state index is 10.6. The first-order valence-corrected chi connectivity index (χ1v) is 10.7. The minimum absolute atomic E-state index is 0.226. The molecule has 7 heteroatoms. The van der Waals surface area contributed by atoms with Crippen molar-refractivity contribution in [2.75, 3.05) is 17.2 Å². The van der Waals surface area contributed by atoms with Crippen molar-refractivity contribution < 1.29 is 9.11 Å². The van der Waals surface area contributed by atoms with Gasteiger partial charge in [-0.2, -0.15) is 10.6 Å². The Labute approximate surface area is 160 Å². The van der Waals surface area contributed by atoms with Crippen molar-refractivity contribution >= 4 is 27.4 Å². The van der Waals surface area contributed by atoms with Crippen LogP contribution in [0.25, 0.3) is 10.9 Å². The van der Waals surface area contributed by atoms with Crippen LogP contribution >= 0.6 is 10.6 Å². The zero-order valence-corrected chi connectivity index (χ0v) is 16.3. The van der Waals surface area contributed by atoms with Crippen LogP contribution < -0.4 is 10.6 Å². The molecule has 1 atom stereocenters. The molecule has 1 unspecified atom stereocenters. The van der Waals surface area contributed by atoms with Gasteiger partial charge in [-0.05, 0) is 37.6 Å². The predicted molar refractivity (Wildman–Crippen MR) is 110 cm³/mol. The SMILES string of the molecule is Cc1ccc2nc(N3CCS(O)(O)c4ccccc4C3)nc(C(C)N)c2c1. The van der Waals surface area contributed by atoms with Crippen LogP contribution in [-0.4, -0.2) is 31.4 Å². The van der Waals surface area contributed by atoms with Crippen LogP contribution in [0.15, 0.2) is 47.4 Å². The van der Waals surface area contributed by atoms with E-state index in [2.05, 4.69) is 6.07 Å². The number of benzene rings is 2. The molecule has 1 aliphatic heterocycles. The van der Waals surface area contributed by atoms with Gasteiger partial charge in [0.15, 0.2) is 0 Å². The summed E-state index contributed by atoms with van der Waals surface area (Å²) in [5.41, 5.74) is 9.88. The number of anilines is 1. The quantitative estimate of drug-likeness (QED) is 0.616. The summed E-state index contributed by atoms with van der Waals surface area (Å²) in [5.74, 6) is 0.831. The Balaban J connectivity index is 1.82. The van der Waals surface area contributed by atoms with Gasteiger partial charge in [0.05, 0.1) is 21.9 Å². The number of hydrogen-bond donors (Lipinski definition) is 3. The van der Waals surface area contributed by atoms with Crippen LogP contribution in [0.3, 0.4) is 0 Å². The molecule has 2 aromatic carbocycles. The Morgan fingerprint density at radius 3 is 2.70 bits per heavy atom. The first kappa shape index (κ1) is 18.2. The highest BCUT2D eigenvalue weighted by Crippen LogP contribution is 2.51. The third-order valence-corrected chi connectivity index (χ3v) is 6.77. The highest BCUT2D eigenvalue weighted by Gasteiger charge is 2.27. The van der Waals surface area contributed by atoms with Gasteiger partial charge in [-0.3, -0.25) is 9.11 Å². The van der Waals surface area contributed by atoms with E-state index in [0.717, 1.165) is 27.7 Å². The fraction of sp³-hybridized carbons (Fsp3) is 0.300. The number of hydrogen-bond acceptors (Lipinski definition) is 6. The Hall–Kier alpha value is -2.19. The van der Waals surface area contributed by atoms with Crippen LogP contribution in [0.4, 0.5) is 5.95 Å². The molecule has 27 heavy (non-hydrogen) atoms. The number of fused-ring (bicyclic) bond motifs is 2. The van der Waals surface area contributed by atoms with E-state index in [1.165, 1.54) is 0 Å². The second kappa shape index (κ2) is 6.76. The van der Waals surface area contributed by atoms with Crippen molar-refractivity contribution in [2.24, 2.45) is 5.73 Å². The lowest BCUT2D eigenvalue weighted by molar-refractivity contribution is 0.488. The molecule has 1 aliphatic rings. The van der Waals surface area contributed by atoms with Gasteiger partial charge in [-0.1, -0.05) is 29.8 Å². The van der Waals surface area contributed by atoms with Gasteiger partial charge in [0.1, 0.15) is 0 Å². The van der Waals surface area contributed by atoms with Crippen molar-refractivity contribution in [3.8, 4) is 0 Å². The Kier molecular flexibility index (Phi) is 4.55. The van der Waals surface area contributed by atoms with E-state index < -0.39 is 10.6 Å². The highest BCUT2D eigenvalue weighted by molar-refractivity contribution is 8.24. The number of aromatic nitrogens is 2. The van der Waals surface area contributed by atoms with Gasteiger partial charge < -0.3 is 10.6 Å². The second-order valence-electron chi connectivity index (χ2n) is 7.12. The van der Waals surface area contributed by atoms with E-state index in [1.54, 1.807) is 6.07 Å². The largest absolute Gasteiger partial charge is 0.335 e. The lowest BCUT2D eigenvalue weighted by Gasteiger charge is -2.32. The van der Waals surface area contributed by atoms with Gasteiger partial charge in [-0.15, -0.1) is 0 Å². The van der Waals surface area contributed by atoms with E-state index in [4.69, 9.17) is 15.7 Å². The highest BCUT2D eigenvalue weighted by atomic mass is 32.3. The fourth-order valence-corrected chi connectivity index (χ4v) is 5.04. The van der Waals surface area contributed by atoms with Gasteiger partial charge in [-0.25, -0.2) is 9.97 Å². The number of nitrogens with zero attached hydrogens (tertiary/aromatic N) is 3. The van der Waals surface area contributed by atoms with E-state index in [0.29, 0.717) is 23.9 Å². The number of aryl methyl sites for hydroxylation is 1. The summed E-state index contributed by atoms with van der Waals surface area (Å²) < 4.78 is 21.1. The summed E-state index contributed by atoms with van der Waals surface area (Å²) in [6.45, 7) is 4.95. The van der Waals surface area contributed by atoms with Crippen LogP contribution in [0, 0.1) is 6.92 Å². The Morgan fingerprint density at radius 1 is 1.15 bits per heavy atom. The Bertz CT molecular complexity index is 1010. The topological polar surface area (TPSA) is 95.5 Å². The zero-order valence-electron chi connectivity index (χ0n) is 15.5. The molecule has 0 aliphatic carbocycles. The standard InChI is InChI=1S/C20H24N4O2S/c1-13-7-8-17-16(11-13)19(14(2)21)23-20(22-17)24-9-10-27(25,26)18-6-4-3-5-15(18)12-24/h3-8,11,14,25-26H,9-10,12,21H2,1-2H3.